The SMILES string of the molecule is Cc1ccc(C)c(CSCC(=O)Nc2ccccc2C#N)c1. The van der Waals surface area contributed by atoms with Crippen LogP contribution in [0.25, 0.3) is 0 Å². The lowest BCUT2D eigenvalue weighted by Gasteiger charge is -2.08. The van der Waals surface area contributed by atoms with Crippen molar-refractivity contribution in [2.75, 3.05) is 11.1 Å². The molecule has 0 spiro atoms. The fraction of sp³-hybridized carbons (Fsp3) is 0.222. The van der Waals surface area contributed by atoms with E-state index in [1.807, 2.05) is 0 Å². The molecule has 0 aliphatic rings. The van der Waals surface area contributed by atoms with Gasteiger partial charge in [-0.15, -0.1) is 11.8 Å². The first-order chi connectivity index (χ1) is 10.6. The summed E-state index contributed by atoms with van der Waals surface area (Å²) in [7, 11) is 0. The van der Waals surface area contributed by atoms with Crippen LogP contribution in [-0.4, -0.2) is 11.7 Å². The first-order valence-electron chi connectivity index (χ1n) is 7.03. The van der Waals surface area contributed by atoms with Gasteiger partial charge in [-0.1, -0.05) is 35.9 Å². The Morgan fingerprint density at radius 2 is 2.00 bits per heavy atom. The number of nitrogens with zero attached hydrogens (tertiary/aromatic N) is 1. The summed E-state index contributed by atoms with van der Waals surface area (Å²) in [6, 6.07) is 15.5. The van der Waals surface area contributed by atoms with Crippen molar-refractivity contribution in [2.45, 2.75) is 19.6 Å². The summed E-state index contributed by atoms with van der Waals surface area (Å²) in [4.78, 5) is 12.0. The highest BCUT2D eigenvalue weighted by Gasteiger charge is 2.07. The fourth-order valence-electron chi connectivity index (χ4n) is 2.09. The molecule has 3 nitrogen and oxygen atoms in total. The lowest BCUT2D eigenvalue weighted by Crippen LogP contribution is -2.15. The van der Waals surface area contributed by atoms with E-state index in [1.165, 1.54) is 16.7 Å². The minimum Gasteiger partial charge on any atom is -0.324 e. The fourth-order valence-corrected chi connectivity index (χ4v) is 2.98. The number of aryl methyl sites for hydroxylation is 2. The number of carbonyl (C=O) groups excluding carboxylic acids is 1. The van der Waals surface area contributed by atoms with Crippen LogP contribution >= 0.6 is 11.8 Å². The molecule has 2 aromatic rings. The van der Waals surface area contributed by atoms with Crippen LogP contribution in [0.5, 0.6) is 0 Å². The predicted molar refractivity (Wildman–Crippen MR) is 91.9 cm³/mol. The average Bonchev–Trinajstić information content (AvgIpc) is 2.51. The average molecular weight is 310 g/mol. The van der Waals surface area contributed by atoms with E-state index < -0.39 is 0 Å². The summed E-state index contributed by atoms with van der Waals surface area (Å²) in [5.41, 5.74) is 4.79. The molecule has 22 heavy (non-hydrogen) atoms. The molecule has 112 valence electrons. The molecule has 2 aromatic carbocycles. The molecule has 0 radical (unpaired) electrons. The molecule has 0 atom stereocenters. The van der Waals surface area contributed by atoms with Crippen molar-refractivity contribution in [3.63, 3.8) is 0 Å². The van der Waals surface area contributed by atoms with Gasteiger partial charge in [0, 0.05) is 5.75 Å². The molecule has 0 aliphatic carbocycles. The van der Waals surface area contributed by atoms with Crippen molar-refractivity contribution in [3.05, 3.63) is 64.7 Å². The number of nitriles is 1. The lowest BCUT2D eigenvalue weighted by molar-refractivity contribution is -0.113. The van der Waals surface area contributed by atoms with Gasteiger partial charge < -0.3 is 5.32 Å². The molecular formula is C18H18N2OS. The van der Waals surface area contributed by atoms with Crippen LogP contribution in [0.1, 0.15) is 22.3 Å². The highest BCUT2D eigenvalue weighted by molar-refractivity contribution is 7.99. The van der Waals surface area contributed by atoms with Crippen molar-refractivity contribution in [2.24, 2.45) is 0 Å². The number of carbonyl (C=O) groups is 1. The number of anilines is 1. The molecular weight excluding hydrogens is 292 g/mol. The van der Waals surface area contributed by atoms with E-state index in [4.69, 9.17) is 5.26 Å². The van der Waals surface area contributed by atoms with E-state index in [9.17, 15) is 4.79 Å². The summed E-state index contributed by atoms with van der Waals surface area (Å²) >= 11 is 1.58. The van der Waals surface area contributed by atoms with Crippen LogP contribution in [0.2, 0.25) is 0 Å². The Balaban J connectivity index is 1.88. The standard InChI is InChI=1S/C18H18N2OS/c1-13-7-8-14(2)16(9-13)11-22-12-18(21)20-17-6-4-3-5-15(17)10-19/h3-9H,11-12H2,1-2H3,(H,20,21). The summed E-state index contributed by atoms with van der Waals surface area (Å²) in [5.74, 6) is 1.09. The second kappa shape index (κ2) is 7.67. The van der Waals surface area contributed by atoms with E-state index in [0.29, 0.717) is 17.0 Å². The van der Waals surface area contributed by atoms with Crippen LogP contribution in [0.15, 0.2) is 42.5 Å². The maximum atomic E-state index is 12.0. The number of hydrogen-bond acceptors (Lipinski definition) is 3. The predicted octanol–water partition coefficient (Wildman–Crippen LogP) is 4.05. The maximum absolute atomic E-state index is 12.0. The van der Waals surface area contributed by atoms with Crippen LogP contribution in [0, 0.1) is 25.2 Å². The Bertz CT molecular complexity index is 719. The van der Waals surface area contributed by atoms with Crippen LogP contribution in [0.4, 0.5) is 5.69 Å². The molecule has 0 heterocycles. The Hall–Kier alpha value is -2.25. The molecule has 4 heteroatoms. The number of benzene rings is 2. The largest absolute Gasteiger partial charge is 0.324 e. The number of hydrogen-bond donors (Lipinski definition) is 1. The summed E-state index contributed by atoms with van der Waals surface area (Å²) in [6.07, 6.45) is 0. The number of nitrogens with one attached hydrogen (secondary N) is 1. The monoisotopic (exact) mass is 310 g/mol. The third-order valence-electron chi connectivity index (χ3n) is 3.32. The highest BCUT2D eigenvalue weighted by atomic mass is 32.2. The van der Waals surface area contributed by atoms with Crippen molar-refractivity contribution in [1.82, 2.24) is 0 Å². The number of rotatable bonds is 5. The van der Waals surface area contributed by atoms with E-state index in [-0.39, 0.29) is 5.91 Å². The van der Waals surface area contributed by atoms with Crippen molar-refractivity contribution >= 4 is 23.4 Å². The molecule has 0 saturated heterocycles. The molecule has 2 rings (SSSR count). The zero-order chi connectivity index (χ0) is 15.9. The van der Waals surface area contributed by atoms with Gasteiger partial charge >= 0.3 is 0 Å². The minimum absolute atomic E-state index is 0.0852. The third kappa shape index (κ3) is 4.37. The second-order valence-electron chi connectivity index (χ2n) is 5.13. The Labute approximate surface area is 135 Å². The van der Waals surface area contributed by atoms with E-state index >= 15 is 0 Å². The van der Waals surface area contributed by atoms with E-state index in [2.05, 4.69) is 43.4 Å². The summed E-state index contributed by atoms with van der Waals surface area (Å²) < 4.78 is 0. The molecule has 0 bridgehead atoms. The molecule has 1 amide bonds. The highest BCUT2D eigenvalue weighted by Crippen LogP contribution is 2.19. The summed E-state index contributed by atoms with van der Waals surface area (Å²) in [6.45, 7) is 4.15. The van der Waals surface area contributed by atoms with Gasteiger partial charge in [0.25, 0.3) is 0 Å². The summed E-state index contributed by atoms with van der Waals surface area (Å²) in [5, 5.41) is 11.8. The minimum atomic E-state index is -0.0852. The Morgan fingerprint density at radius 3 is 2.77 bits per heavy atom. The van der Waals surface area contributed by atoms with Crippen molar-refractivity contribution in [1.29, 1.82) is 5.26 Å². The van der Waals surface area contributed by atoms with Gasteiger partial charge in [-0.3, -0.25) is 4.79 Å². The van der Waals surface area contributed by atoms with Gasteiger partial charge in [-0.05, 0) is 37.1 Å². The van der Waals surface area contributed by atoms with Gasteiger partial charge in [-0.25, -0.2) is 0 Å². The van der Waals surface area contributed by atoms with Gasteiger partial charge in [0.2, 0.25) is 5.91 Å². The van der Waals surface area contributed by atoms with E-state index in [1.54, 1.807) is 36.0 Å². The molecule has 0 fully saturated rings. The number of thioether (sulfide) groups is 1. The quantitative estimate of drug-likeness (QED) is 0.906. The first-order valence-corrected chi connectivity index (χ1v) is 8.18. The zero-order valence-electron chi connectivity index (χ0n) is 12.7. The van der Waals surface area contributed by atoms with Crippen molar-refractivity contribution in [3.8, 4) is 6.07 Å². The Kier molecular flexibility index (Phi) is 5.62. The topological polar surface area (TPSA) is 52.9 Å². The third-order valence-corrected chi connectivity index (χ3v) is 4.30. The molecule has 0 saturated carbocycles. The van der Waals surface area contributed by atoms with Crippen molar-refractivity contribution < 1.29 is 4.79 Å². The normalized spacial score (nSPS) is 10.0. The Morgan fingerprint density at radius 1 is 1.23 bits per heavy atom. The number of amides is 1. The lowest BCUT2D eigenvalue weighted by atomic mass is 10.1. The zero-order valence-corrected chi connectivity index (χ0v) is 13.5. The van der Waals surface area contributed by atoms with Gasteiger partial charge in [0.05, 0.1) is 17.0 Å². The van der Waals surface area contributed by atoms with Gasteiger partial charge in [-0.2, -0.15) is 5.26 Å². The molecule has 0 aliphatic heterocycles. The van der Waals surface area contributed by atoms with Gasteiger partial charge in [0.1, 0.15) is 6.07 Å². The molecule has 0 unspecified atom stereocenters. The number of para-hydroxylation sites is 1. The maximum Gasteiger partial charge on any atom is 0.234 e. The first kappa shape index (κ1) is 16.1. The molecule has 0 aromatic heterocycles. The van der Waals surface area contributed by atoms with Crippen LogP contribution < -0.4 is 5.32 Å². The van der Waals surface area contributed by atoms with Crippen LogP contribution in [0.3, 0.4) is 0 Å². The van der Waals surface area contributed by atoms with Gasteiger partial charge in [0.15, 0.2) is 0 Å². The van der Waals surface area contributed by atoms with E-state index in [0.717, 1.165) is 5.75 Å². The smallest absolute Gasteiger partial charge is 0.234 e. The second-order valence-corrected chi connectivity index (χ2v) is 6.11. The van der Waals surface area contributed by atoms with Crippen LogP contribution in [-0.2, 0) is 10.5 Å². The molecule has 1 N–H and O–H groups in total.